The summed E-state index contributed by atoms with van der Waals surface area (Å²) >= 11 is 5.93. The van der Waals surface area contributed by atoms with Crippen LogP contribution in [0.25, 0.3) is 0 Å². The van der Waals surface area contributed by atoms with E-state index in [1.165, 1.54) is 6.20 Å². The smallest absolute Gasteiger partial charge is 0.253 e. The van der Waals surface area contributed by atoms with Crippen molar-refractivity contribution in [3.8, 4) is 0 Å². The summed E-state index contributed by atoms with van der Waals surface area (Å²) in [6.07, 6.45) is 2.54. The van der Waals surface area contributed by atoms with Crippen molar-refractivity contribution in [3.05, 3.63) is 22.8 Å². The van der Waals surface area contributed by atoms with Gasteiger partial charge >= 0.3 is 0 Å². The molecule has 7 heteroatoms. The van der Waals surface area contributed by atoms with Crippen molar-refractivity contribution in [1.82, 2.24) is 15.6 Å². The minimum Gasteiger partial charge on any atom is -0.373 e. The average molecular weight is 299 g/mol. The summed E-state index contributed by atoms with van der Waals surface area (Å²) < 4.78 is 0. The normalized spacial score (nSPS) is 9.95. The number of nitrogens with one attached hydrogen (secondary N) is 3. The second kappa shape index (κ2) is 8.37. The Morgan fingerprint density at radius 2 is 2.05 bits per heavy atom. The number of hydrogen-bond donors (Lipinski definition) is 3. The first-order valence-corrected chi connectivity index (χ1v) is 6.84. The zero-order valence-corrected chi connectivity index (χ0v) is 12.4. The predicted molar refractivity (Wildman–Crippen MR) is 79.0 cm³/mol. The maximum absolute atomic E-state index is 11.9. The number of anilines is 1. The van der Waals surface area contributed by atoms with Gasteiger partial charge in [-0.15, -0.1) is 0 Å². The third-order valence-electron chi connectivity index (χ3n) is 2.57. The van der Waals surface area contributed by atoms with Gasteiger partial charge in [0.25, 0.3) is 5.91 Å². The minimum atomic E-state index is -0.322. The Balaban J connectivity index is 2.49. The van der Waals surface area contributed by atoms with Crippen LogP contribution in [0.1, 0.15) is 30.1 Å². The Hall–Kier alpha value is -1.82. The standard InChI is InChI=1S/C13H19ClN4O2/c1-3-5-16-12(19)4-6-17-13(20)9-7-11(15-2)18-8-10(9)14/h7-8H,3-6H2,1-2H3,(H,15,18)(H,16,19)(H,17,20). The van der Waals surface area contributed by atoms with Gasteiger partial charge in [-0.05, 0) is 12.5 Å². The van der Waals surface area contributed by atoms with E-state index in [-0.39, 0.29) is 29.8 Å². The van der Waals surface area contributed by atoms with Crippen molar-refractivity contribution in [2.24, 2.45) is 0 Å². The molecule has 0 radical (unpaired) electrons. The summed E-state index contributed by atoms with van der Waals surface area (Å²) in [5.74, 6) is 0.154. The summed E-state index contributed by atoms with van der Waals surface area (Å²) in [6.45, 7) is 2.89. The molecule has 0 saturated heterocycles. The molecule has 0 aliphatic heterocycles. The van der Waals surface area contributed by atoms with Gasteiger partial charge in [-0.2, -0.15) is 0 Å². The molecule has 0 spiro atoms. The van der Waals surface area contributed by atoms with Crippen molar-refractivity contribution in [3.63, 3.8) is 0 Å². The Morgan fingerprint density at radius 1 is 1.30 bits per heavy atom. The molecule has 1 aromatic rings. The lowest BCUT2D eigenvalue weighted by Gasteiger charge is -2.08. The van der Waals surface area contributed by atoms with Crippen LogP contribution in [-0.2, 0) is 4.79 Å². The monoisotopic (exact) mass is 298 g/mol. The molecule has 0 atom stereocenters. The Kier molecular flexibility index (Phi) is 6.79. The van der Waals surface area contributed by atoms with Crippen molar-refractivity contribution >= 4 is 29.2 Å². The van der Waals surface area contributed by atoms with Gasteiger partial charge in [-0.25, -0.2) is 4.98 Å². The highest BCUT2D eigenvalue weighted by Gasteiger charge is 2.12. The number of halogens is 1. The number of carbonyl (C=O) groups is 2. The highest BCUT2D eigenvalue weighted by molar-refractivity contribution is 6.33. The fourth-order valence-corrected chi connectivity index (χ4v) is 1.68. The molecule has 0 aliphatic carbocycles. The lowest BCUT2D eigenvalue weighted by molar-refractivity contribution is -0.120. The number of carbonyl (C=O) groups excluding carboxylic acids is 2. The lowest BCUT2D eigenvalue weighted by atomic mass is 10.2. The first-order valence-electron chi connectivity index (χ1n) is 6.46. The van der Waals surface area contributed by atoms with Crippen LogP contribution in [-0.4, -0.2) is 36.9 Å². The van der Waals surface area contributed by atoms with Crippen LogP contribution < -0.4 is 16.0 Å². The van der Waals surface area contributed by atoms with E-state index in [1.54, 1.807) is 13.1 Å². The van der Waals surface area contributed by atoms with Gasteiger partial charge in [-0.3, -0.25) is 9.59 Å². The van der Waals surface area contributed by atoms with Gasteiger partial charge in [0, 0.05) is 32.8 Å². The Labute approximate surface area is 123 Å². The van der Waals surface area contributed by atoms with Crippen LogP contribution in [0, 0.1) is 0 Å². The van der Waals surface area contributed by atoms with Gasteiger partial charge in [-0.1, -0.05) is 18.5 Å². The van der Waals surface area contributed by atoms with Crippen LogP contribution in [0.2, 0.25) is 5.02 Å². The molecule has 2 amide bonds. The highest BCUT2D eigenvalue weighted by atomic mass is 35.5. The molecular formula is C13H19ClN4O2. The molecule has 20 heavy (non-hydrogen) atoms. The van der Waals surface area contributed by atoms with E-state index in [0.29, 0.717) is 17.9 Å². The number of amides is 2. The second-order valence-electron chi connectivity index (χ2n) is 4.16. The van der Waals surface area contributed by atoms with E-state index in [1.807, 2.05) is 6.92 Å². The molecule has 0 saturated carbocycles. The third-order valence-corrected chi connectivity index (χ3v) is 2.87. The zero-order chi connectivity index (χ0) is 15.0. The lowest BCUT2D eigenvalue weighted by Crippen LogP contribution is -2.31. The Bertz CT molecular complexity index is 479. The first-order chi connectivity index (χ1) is 9.58. The molecule has 3 N–H and O–H groups in total. The van der Waals surface area contributed by atoms with Crippen LogP contribution in [0.4, 0.5) is 5.82 Å². The van der Waals surface area contributed by atoms with Crippen LogP contribution >= 0.6 is 11.6 Å². The molecule has 1 aromatic heterocycles. The van der Waals surface area contributed by atoms with Crippen molar-refractivity contribution in [2.75, 3.05) is 25.5 Å². The number of aromatic nitrogens is 1. The van der Waals surface area contributed by atoms with Crippen LogP contribution in [0.5, 0.6) is 0 Å². The Morgan fingerprint density at radius 3 is 2.70 bits per heavy atom. The fraction of sp³-hybridized carbons (Fsp3) is 0.462. The molecule has 1 heterocycles. The molecule has 6 nitrogen and oxygen atoms in total. The van der Waals surface area contributed by atoms with Crippen molar-refractivity contribution in [1.29, 1.82) is 0 Å². The first kappa shape index (κ1) is 16.2. The van der Waals surface area contributed by atoms with Gasteiger partial charge in [0.2, 0.25) is 5.91 Å². The van der Waals surface area contributed by atoms with Crippen molar-refractivity contribution in [2.45, 2.75) is 19.8 Å². The van der Waals surface area contributed by atoms with Gasteiger partial charge in [0.15, 0.2) is 0 Å². The molecule has 0 aliphatic rings. The van der Waals surface area contributed by atoms with E-state index >= 15 is 0 Å². The van der Waals surface area contributed by atoms with Gasteiger partial charge < -0.3 is 16.0 Å². The van der Waals surface area contributed by atoms with Crippen molar-refractivity contribution < 1.29 is 9.59 Å². The van der Waals surface area contributed by atoms with E-state index in [4.69, 9.17) is 11.6 Å². The number of pyridine rings is 1. The maximum Gasteiger partial charge on any atom is 0.253 e. The molecule has 1 rings (SSSR count). The fourth-order valence-electron chi connectivity index (χ4n) is 1.49. The molecule has 110 valence electrons. The SMILES string of the molecule is CCCNC(=O)CCNC(=O)c1cc(NC)ncc1Cl. The molecule has 0 bridgehead atoms. The molecule has 0 aromatic carbocycles. The second-order valence-corrected chi connectivity index (χ2v) is 4.56. The molecule has 0 fully saturated rings. The van der Waals surface area contributed by atoms with Gasteiger partial charge in [0.1, 0.15) is 5.82 Å². The summed E-state index contributed by atoms with van der Waals surface area (Å²) in [5.41, 5.74) is 0.333. The van der Waals surface area contributed by atoms with Crippen LogP contribution in [0.3, 0.4) is 0 Å². The minimum absolute atomic E-state index is 0.0797. The summed E-state index contributed by atoms with van der Waals surface area (Å²) in [6, 6.07) is 1.56. The van der Waals surface area contributed by atoms with E-state index < -0.39 is 0 Å². The molecule has 0 unspecified atom stereocenters. The zero-order valence-electron chi connectivity index (χ0n) is 11.6. The number of hydrogen-bond acceptors (Lipinski definition) is 4. The average Bonchev–Trinajstić information content (AvgIpc) is 2.45. The highest BCUT2D eigenvalue weighted by Crippen LogP contribution is 2.17. The molecular weight excluding hydrogens is 280 g/mol. The predicted octanol–water partition coefficient (Wildman–Crippen LogP) is 1.42. The van der Waals surface area contributed by atoms with Gasteiger partial charge in [0.05, 0.1) is 10.6 Å². The number of rotatable bonds is 7. The largest absolute Gasteiger partial charge is 0.373 e. The van der Waals surface area contributed by atoms with Crippen LogP contribution in [0.15, 0.2) is 12.3 Å². The number of nitrogens with zero attached hydrogens (tertiary/aromatic N) is 1. The van der Waals surface area contributed by atoms with E-state index in [9.17, 15) is 9.59 Å². The summed E-state index contributed by atoms with van der Waals surface area (Å²) in [4.78, 5) is 27.3. The van der Waals surface area contributed by atoms with E-state index in [0.717, 1.165) is 6.42 Å². The maximum atomic E-state index is 11.9. The summed E-state index contributed by atoms with van der Waals surface area (Å²) in [5, 5.41) is 8.51. The summed E-state index contributed by atoms with van der Waals surface area (Å²) in [7, 11) is 1.70. The topological polar surface area (TPSA) is 83.1 Å². The third kappa shape index (κ3) is 5.05. The quantitative estimate of drug-likeness (QED) is 0.711. The van der Waals surface area contributed by atoms with E-state index in [2.05, 4.69) is 20.9 Å².